The molecule has 2 N–H and O–H groups in total. The monoisotopic (exact) mass is 576 g/mol. The number of aromatic hydroxyl groups is 2. The van der Waals surface area contributed by atoms with E-state index in [1.165, 1.54) is 22.3 Å². The van der Waals surface area contributed by atoms with E-state index >= 15 is 0 Å². The first kappa shape index (κ1) is 25.1. The van der Waals surface area contributed by atoms with Crippen LogP contribution in [0.15, 0.2) is 21.1 Å². The highest BCUT2D eigenvalue weighted by atomic mass is 79.9. The third-order valence-corrected chi connectivity index (χ3v) is 9.54. The Labute approximate surface area is 216 Å². The molecule has 4 rings (SSSR count). The Kier molecular flexibility index (Phi) is 5.35. The van der Waals surface area contributed by atoms with Gasteiger partial charge in [-0.25, -0.2) is 0 Å². The molecule has 0 saturated heterocycles. The molecular weight excluding hydrogens is 540 g/mol. The Bertz CT molecular complexity index is 1080. The minimum atomic E-state index is -0.295. The van der Waals surface area contributed by atoms with Crippen molar-refractivity contribution in [1.29, 1.82) is 0 Å². The lowest BCUT2D eigenvalue weighted by Gasteiger charge is -2.32. The van der Waals surface area contributed by atoms with E-state index < -0.39 is 0 Å². The SMILES string of the molecule is CC(C)(C)c1cc2c(c(Br)c1O)C1(CC2(C)C)CC(C)(C)c2cc(C(C)(C)C)c(O)c(Br)c21. The predicted molar refractivity (Wildman–Crippen MR) is 145 cm³/mol. The van der Waals surface area contributed by atoms with Crippen LogP contribution in [0.5, 0.6) is 11.5 Å². The van der Waals surface area contributed by atoms with Gasteiger partial charge in [0.2, 0.25) is 0 Å². The minimum absolute atomic E-state index is 0.0685. The second kappa shape index (κ2) is 7.03. The number of benzene rings is 2. The Hall–Kier alpha value is -1.00. The fraction of sp³-hybridized carbons (Fsp3) is 0.586. The molecule has 0 bridgehead atoms. The fourth-order valence-electron chi connectivity index (χ4n) is 6.67. The Balaban J connectivity index is 2.13. The number of phenols is 2. The molecule has 2 aromatic carbocycles. The molecule has 0 radical (unpaired) electrons. The molecular formula is C29H38Br2O2. The van der Waals surface area contributed by atoms with Crippen LogP contribution in [0.4, 0.5) is 0 Å². The largest absolute Gasteiger partial charge is 0.506 e. The first-order valence-electron chi connectivity index (χ1n) is 11.9. The molecule has 0 heterocycles. The molecule has 33 heavy (non-hydrogen) atoms. The topological polar surface area (TPSA) is 40.5 Å². The number of hydrogen-bond acceptors (Lipinski definition) is 2. The van der Waals surface area contributed by atoms with Crippen molar-refractivity contribution in [1.82, 2.24) is 0 Å². The highest BCUT2D eigenvalue weighted by Gasteiger charge is 2.59. The van der Waals surface area contributed by atoms with Crippen LogP contribution < -0.4 is 0 Å². The maximum Gasteiger partial charge on any atom is 0.133 e. The number of hydrogen-bond donors (Lipinski definition) is 2. The molecule has 2 aliphatic carbocycles. The van der Waals surface area contributed by atoms with Gasteiger partial charge in [-0.2, -0.15) is 0 Å². The minimum Gasteiger partial charge on any atom is -0.506 e. The van der Waals surface area contributed by atoms with Crippen molar-refractivity contribution >= 4 is 31.9 Å². The first-order valence-corrected chi connectivity index (χ1v) is 13.5. The van der Waals surface area contributed by atoms with Crippen LogP contribution in [0, 0.1) is 0 Å². The summed E-state index contributed by atoms with van der Waals surface area (Å²) in [5.41, 5.74) is 6.16. The lowest BCUT2D eigenvalue weighted by molar-refractivity contribution is 0.347. The molecule has 0 amide bonds. The third-order valence-electron chi connectivity index (χ3n) is 8.00. The molecule has 0 atom stereocenters. The molecule has 0 aliphatic heterocycles. The number of halogens is 2. The maximum absolute atomic E-state index is 11.4. The van der Waals surface area contributed by atoms with Crippen molar-refractivity contribution in [3.8, 4) is 11.5 Å². The second-order valence-corrected chi connectivity index (χ2v) is 15.3. The van der Waals surface area contributed by atoms with Gasteiger partial charge in [-0.05, 0) is 88.6 Å². The smallest absolute Gasteiger partial charge is 0.133 e. The first-order chi connectivity index (χ1) is 14.8. The quantitative estimate of drug-likeness (QED) is 0.328. The van der Waals surface area contributed by atoms with E-state index in [-0.39, 0.29) is 27.1 Å². The molecule has 2 aromatic rings. The van der Waals surface area contributed by atoms with Crippen molar-refractivity contribution < 1.29 is 10.2 Å². The number of phenolic OH excluding ortho intramolecular Hbond substituents is 2. The summed E-state index contributed by atoms with van der Waals surface area (Å²) in [5.74, 6) is 0.687. The van der Waals surface area contributed by atoms with Crippen LogP contribution >= 0.6 is 31.9 Å². The van der Waals surface area contributed by atoms with Gasteiger partial charge >= 0.3 is 0 Å². The molecule has 0 fully saturated rings. The van der Waals surface area contributed by atoms with E-state index in [1.54, 1.807) is 0 Å². The van der Waals surface area contributed by atoms with Crippen molar-refractivity contribution in [2.45, 2.75) is 109 Å². The lowest BCUT2D eigenvalue weighted by Crippen LogP contribution is -2.27. The molecule has 180 valence electrons. The van der Waals surface area contributed by atoms with Gasteiger partial charge in [-0.1, -0.05) is 81.4 Å². The highest BCUT2D eigenvalue weighted by molar-refractivity contribution is 9.11. The van der Waals surface area contributed by atoms with Gasteiger partial charge in [-0.15, -0.1) is 0 Å². The van der Waals surface area contributed by atoms with E-state index in [0.717, 1.165) is 32.9 Å². The summed E-state index contributed by atoms with van der Waals surface area (Å²) in [6.07, 6.45) is 1.87. The molecule has 4 heteroatoms. The lowest BCUT2D eigenvalue weighted by atomic mass is 9.72. The zero-order valence-corrected chi connectivity index (χ0v) is 24.9. The molecule has 2 aliphatic rings. The van der Waals surface area contributed by atoms with Crippen LogP contribution in [-0.2, 0) is 27.1 Å². The normalized spacial score (nSPS) is 20.2. The summed E-state index contributed by atoms with van der Waals surface area (Å²) in [4.78, 5) is 0. The molecule has 0 saturated carbocycles. The summed E-state index contributed by atoms with van der Waals surface area (Å²) in [6, 6.07) is 4.49. The van der Waals surface area contributed by atoms with Crippen molar-refractivity contribution in [2.24, 2.45) is 0 Å². The number of fused-ring (bicyclic) bond motifs is 4. The van der Waals surface area contributed by atoms with Gasteiger partial charge in [0.1, 0.15) is 11.5 Å². The Morgan fingerprint density at radius 3 is 1.24 bits per heavy atom. The van der Waals surface area contributed by atoms with Crippen LogP contribution in [-0.4, -0.2) is 10.2 Å². The standard InChI is InChI=1S/C29H38Br2O2/c1-25(2,3)17-11-15-19(21(30)23(17)32)29(13-27(15,7)8)14-28(9,10)16-12-18(26(4,5)6)24(33)22(31)20(16)29/h11-12,32-33H,13-14H2,1-10H3. The molecule has 0 aromatic heterocycles. The van der Waals surface area contributed by atoms with Crippen molar-refractivity contribution in [2.75, 3.05) is 0 Å². The average molecular weight is 578 g/mol. The van der Waals surface area contributed by atoms with Gasteiger partial charge in [0.15, 0.2) is 0 Å². The third kappa shape index (κ3) is 3.44. The zero-order chi connectivity index (χ0) is 25.1. The molecule has 1 spiro atoms. The summed E-state index contributed by atoms with van der Waals surface area (Å²) in [7, 11) is 0. The molecule has 0 unspecified atom stereocenters. The van der Waals surface area contributed by atoms with Crippen molar-refractivity contribution in [3.05, 3.63) is 54.5 Å². The summed E-state index contributed by atoms with van der Waals surface area (Å²) < 4.78 is 1.62. The second-order valence-electron chi connectivity index (χ2n) is 13.7. The number of rotatable bonds is 0. The summed E-state index contributed by atoms with van der Waals surface area (Å²) >= 11 is 7.72. The summed E-state index contributed by atoms with van der Waals surface area (Å²) in [5, 5.41) is 22.7. The van der Waals surface area contributed by atoms with Crippen LogP contribution in [0.1, 0.15) is 115 Å². The van der Waals surface area contributed by atoms with E-state index in [0.29, 0.717) is 11.5 Å². The van der Waals surface area contributed by atoms with Gasteiger partial charge in [-0.3, -0.25) is 0 Å². The van der Waals surface area contributed by atoms with Crippen LogP contribution in [0.25, 0.3) is 0 Å². The van der Waals surface area contributed by atoms with Gasteiger partial charge < -0.3 is 10.2 Å². The Morgan fingerprint density at radius 1 is 0.667 bits per heavy atom. The van der Waals surface area contributed by atoms with Gasteiger partial charge in [0, 0.05) is 16.5 Å². The highest BCUT2D eigenvalue weighted by Crippen LogP contribution is 2.67. The van der Waals surface area contributed by atoms with Crippen LogP contribution in [0.3, 0.4) is 0 Å². The van der Waals surface area contributed by atoms with Crippen molar-refractivity contribution in [3.63, 3.8) is 0 Å². The molecule has 2 nitrogen and oxygen atoms in total. The van der Waals surface area contributed by atoms with E-state index in [9.17, 15) is 10.2 Å². The summed E-state index contributed by atoms with van der Waals surface area (Å²) in [6.45, 7) is 22.2. The Morgan fingerprint density at radius 2 is 0.970 bits per heavy atom. The van der Waals surface area contributed by atoms with Gasteiger partial charge in [0.25, 0.3) is 0 Å². The fourth-order valence-corrected chi connectivity index (χ4v) is 8.28. The van der Waals surface area contributed by atoms with E-state index in [4.69, 9.17) is 0 Å². The maximum atomic E-state index is 11.4. The van der Waals surface area contributed by atoms with E-state index in [2.05, 4.69) is 113 Å². The predicted octanol–water partition coefficient (Wildman–Crippen LogP) is 8.87. The van der Waals surface area contributed by atoms with Crippen LogP contribution in [0.2, 0.25) is 0 Å². The average Bonchev–Trinajstić information content (AvgIpc) is 2.97. The van der Waals surface area contributed by atoms with E-state index in [1.807, 2.05) is 0 Å². The zero-order valence-electron chi connectivity index (χ0n) is 21.7. The van der Waals surface area contributed by atoms with Gasteiger partial charge in [0.05, 0.1) is 8.95 Å².